The first kappa shape index (κ1) is 14.5. The van der Waals surface area contributed by atoms with Crippen LogP contribution in [0.15, 0.2) is 23.1 Å². The van der Waals surface area contributed by atoms with E-state index < -0.39 is 10.0 Å². The minimum Gasteiger partial charge on any atom is -0.329 e. The summed E-state index contributed by atoms with van der Waals surface area (Å²) in [6, 6.07) is 5.35. The largest absolute Gasteiger partial charge is 0.329 e. The van der Waals surface area contributed by atoms with Crippen LogP contribution >= 0.6 is 0 Å². The molecule has 0 spiro atoms. The highest BCUT2D eigenvalue weighted by atomic mass is 32.2. The third-order valence-electron chi connectivity index (χ3n) is 3.86. The molecule has 5 heteroatoms. The zero-order valence-electron chi connectivity index (χ0n) is 11.8. The van der Waals surface area contributed by atoms with Gasteiger partial charge in [0.15, 0.2) is 0 Å². The number of benzene rings is 1. The number of sulfonamides is 1. The lowest BCUT2D eigenvalue weighted by Gasteiger charge is -2.27. The van der Waals surface area contributed by atoms with Crippen molar-refractivity contribution in [3.05, 3.63) is 29.3 Å². The number of aryl methyl sites for hydroxylation is 2. The molecule has 0 radical (unpaired) electrons. The average molecular weight is 282 g/mol. The molecule has 1 aromatic rings. The van der Waals surface area contributed by atoms with E-state index in [1.807, 2.05) is 26.0 Å². The van der Waals surface area contributed by atoms with E-state index in [9.17, 15) is 8.42 Å². The molecule has 0 aliphatic heterocycles. The number of rotatable bonds is 5. The molecule has 19 heavy (non-hydrogen) atoms. The third kappa shape index (κ3) is 2.83. The number of nitrogens with two attached hydrogens (primary N) is 1. The number of hydrogen-bond acceptors (Lipinski definition) is 3. The van der Waals surface area contributed by atoms with Gasteiger partial charge >= 0.3 is 0 Å². The van der Waals surface area contributed by atoms with Crippen LogP contribution in [0.1, 0.15) is 24.0 Å². The Morgan fingerprint density at radius 1 is 1.37 bits per heavy atom. The third-order valence-corrected chi connectivity index (χ3v) is 5.91. The first-order valence-corrected chi connectivity index (χ1v) is 8.07. The van der Waals surface area contributed by atoms with Crippen LogP contribution < -0.4 is 5.73 Å². The first-order chi connectivity index (χ1) is 8.87. The quantitative estimate of drug-likeness (QED) is 0.893. The Bertz CT molecular complexity index is 565. The molecule has 0 aromatic heterocycles. The summed E-state index contributed by atoms with van der Waals surface area (Å²) < 4.78 is 26.8. The van der Waals surface area contributed by atoms with Crippen LogP contribution in [0.25, 0.3) is 0 Å². The molecule has 2 rings (SSSR count). The van der Waals surface area contributed by atoms with Crippen LogP contribution in [0.3, 0.4) is 0 Å². The maximum absolute atomic E-state index is 12.7. The minimum absolute atomic E-state index is 0.0781. The van der Waals surface area contributed by atoms with E-state index in [1.165, 1.54) is 4.31 Å². The number of likely N-dealkylation sites (N-methyl/N-ethyl adjacent to an activating group) is 1. The molecule has 1 fully saturated rings. The van der Waals surface area contributed by atoms with Gasteiger partial charge in [-0.25, -0.2) is 8.42 Å². The number of nitrogens with zero attached hydrogens (tertiary/aromatic N) is 1. The zero-order chi connectivity index (χ0) is 14.2. The van der Waals surface area contributed by atoms with E-state index in [2.05, 4.69) is 0 Å². The molecule has 0 bridgehead atoms. The minimum atomic E-state index is -3.45. The van der Waals surface area contributed by atoms with E-state index >= 15 is 0 Å². The summed E-state index contributed by atoms with van der Waals surface area (Å²) in [7, 11) is -1.81. The molecule has 1 aromatic carbocycles. The highest BCUT2D eigenvalue weighted by Gasteiger charge is 2.38. The second-order valence-corrected chi connectivity index (χ2v) is 7.40. The molecule has 4 nitrogen and oxygen atoms in total. The Morgan fingerprint density at radius 2 is 2.00 bits per heavy atom. The smallest absolute Gasteiger partial charge is 0.243 e. The van der Waals surface area contributed by atoms with Gasteiger partial charge in [-0.15, -0.1) is 0 Å². The summed E-state index contributed by atoms with van der Waals surface area (Å²) in [5.41, 5.74) is 7.60. The number of hydrogen-bond donors (Lipinski definition) is 1. The van der Waals surface area contributed by atoms with Gasteiger partial charge < -0.3 is 5.73 Å². The van der Waals surface area contributed by atoms with Crippen molar-refractivity contribution in [2.75, 3.05) is 13.6 Å². The van der Waals surface area contributed by atoms with Crippen molar-refractivity contribution in [3.63, 3.8) is 0 Å². The summed E-state index contributed by atoms with van der Waals surface area (Å²) in [6.07, 6.45) is 2.16. The fraction of sp³-hybridized carbons (Fsp3) is 0.571. The van der Waals surface area contributed by atoms with Crippen molar-refractivity contribution in [2.45, 2.75) is 37.6 Å². The molecular formula is C14H22N2O2S. The van der Waals surface area contributed by atoms with Gasteiger partial charge in [-0.2, -0.15) is 4.31 Å². The van der Waals surface area contributed by atoms with Crippen LogP contribution in [0, 0.1) is 19.8 Å². The lowest BCUT2D eigenvalue weighted by Crippen LogP contribution is -2.43. The molecule has 106 valence electrons. The molecule has 1 atom stereocenters. The highest BCUT2D eigenvalue weighted by molar-refractivity contribution is 7.89. The van der Waals surface area contributed by atoms with Gasteiger partial charge in [0, 0.05) is 19.6 Å². The van der Waals surface area contributed by atoms with Crippen LogP contribution in [-0.4, -0.2) is 32.4 Å². The SMILES string of the molecule is Cc1ccc(S(=O)(=O)N(C)C(CN)C2CC2)c(C)c1. The molecule has 1 aliphatic rings. The summed E-state index contributed by atoms with van der Waals surface area (Å²) in [5.74, 6) is 0.426. The first-order valence-electron chi connectivity index (χ1n) is 6.63. The standard InChI is InChI=1S/C14H22N2O2S/c1-10-4-7-14(11(2)8-10)19(17,18)16(3)13(9-15)12-5-6-12/h4,7-8,12-13H,5-6,9,15H2,1-3H3. The topological polar surface area (TPSA) is 63.4 Å². The van der Waals surface area contributed by atoms with Gasteiger partial charge in [0.2, 0.25) is 10.0 Å². The van der Waals surface area contributed by atoms with Crippen LogP contribution in [0.4, 0.5) is 0 Å². The second-order valence-electron chi connectivity index (χ2n) is 5.43. The predicted molar refractivity (Wildman–Crippen MR) is 76.4 cm³/mol. The van der Waals surface area contributed by atoms with Crippen molar-refractivity contribution in [1.29, 1.82) is 0 Å². The van der Waals surface area contributed by atoms with E-state index in [0.717, 1.165) is 24.0 Å². The van der Waals surface area contributed by atoms with Gasteiger partial charge in [-0.05, 0) is 44.2 Å². The van der Waals surface area contributed by atoms with Crippen LogP contribution in [0.5, 0.6) is 0 Å². The lowest BCUT2D eigenvalue weighted by molar-refractivity contribution is 0.340. The van der Waals surface area contributed by atoms with E-state index in [0.29, 0.717) is 17.4 Å². The molecule has 0 heterocycles. The molecule has 1 aliphatic carbocycles. The predicted octanol–water partition coefficient (Wildman–Crippen LogP) is 1.66. The highest BCUT2D eigenvalue weighted by Crippen LogP contribution is 2.36. The Kier molecular flexibility index (Phi) is 3.99. The van der Waals surface area contributed by atoms with Crippen molar-refractivity contribution in [3.8, 4) is 0 Å². The van der Waals surface area contributed by atoms with Gasteiger partial charge in [-0.1, -0.05) is 17.7 Å². The van der Waals surface area contributed by atoms with Crippen LogP contribution in [0.2, 0.25) is 0 Å². The average Bonchev–Trinajstić information content (AvgIpc) is 3.13. The maximum Gasteiger partial charge on any atom is 0.243 e. The van der Waals surface area contributed by atoms with E-state index in [4.69, 9.17) is 5.73 Å². The fourth-order valence-corrected chi connectivity index (χ4v) is 4.17. The van der Waals surface area contributed by atoms with Gasteiger partial charge in [-0.3, -0.25) is 0 Å². The molecule has 0 amide bonds. The molecule has 1 saturated carbocycles. The molecule has 1 unspecified atom stereocenters. The van der Waals surface area contributed by atoms with E-state index in [1.54, 1.807) is 13.1 Å². The molecule has 0 saturated heterocycles. The van der Waals surface area contributed by atoms with Gasteiger partial charge in [0.05, 0.1) is 4.90 Å². The summed E-state index contributed by atoms with van der Waals surface area (Å²) in [4.78, 5) is 0.389. The Hall–Kier alpha value is -0.910. The Balaban J connectivity index is 2.35. The summed E-state index contributed by atoms with van der Waals surface area (Å²) in [5, 5.41) is 0. The fourth-order valence-electron chi connectivity index (χ4n) is 2.54. The summed E-state index contributed by atoms with van der Waals surface area (Å²) in [6.45, 7) is 4.17. The summed E-state index contributed by atoms with van der Waals surface area (Å²) >= 11 is 0. The Morgan fingerprint density at radius 3 is 2.47 bits per heavy atom. The van der Waals surface area contributed by atoms with Crippen molar-refractivity contribution >= 4 is 10.0 Å². The second kappa shape index (κ2) is 5.23. The Labute approximate surface area is 115 Å². The van der Waals surface area contributed by atoms with Crippen molar-refractivity contribution in [2.24, 2.45) is 11.7 Å². The van der Waals surface area contributed by atoms with Gasteiger partial charge in [0.25, 0.3) is 0 Å². The molecular weight excluding hydrogens is 260 g/mol. The van der Waals surface area contributed by atoms with E-state index in [-0.39, 0.29) is 6.04 Å². The van der Waals surface area contributed by atoms with Crippen molar-refractivity contribution in [1.82, 2.24) is 4.31 Å². The lowest BCUT2D eigenvalue weighted by atomic mass is 10.2. The van der Waals surface area contributed by atoms with Gasteiger partial charge in [0.1, 0.15) is 0 Å². The molecule has 2 N–H and O–H groups in total. The van der Waals surface area contributed by atoms with Crippen LogP contribution in [-0.2, 0) is 10.0 Å². The maximum atomic E-state index is 12.7. The monoisotopic (exact) mass is 282 g/mol. The normalized spacial score (nSPS) is 17.7. The zero-order valence-corrected chi connectivity index (χ0v) is 12.6. The van der Waals surface area contributed by atoms with Crippen molar-refractivity contribution < 1.29 is 8.42 Å².